The molecular weight excluding hydrogens is 258 g/mol. The zero-order valence-electron chi connectivity index (χ0n) is 12.7. The molecule has 4 nitrogen and oxygen atoms in total. The fraction of sp³-hybridized carbons (Fsp3) is 0.786. The van der Waals surface area contributed by atoms with Crippen molar-refractivity contribution in [3.8, 4) is 0 Å². The third-order valence-electron chi connectivity index (χ3n) is 3.07. The minimum Gasteiger partial charge on any atom is -0.394 e. The van der Waals surface area contributed by atoms with Gasteiger partial charge in [0.25, 0.3) is 0 Å². The van der Waals surface area contributed by atoms with E-state index in [-0.39, 0.29) is 12.1 Å². The van der Waals surface area contributed by atoms with Crippen LogP contribution in [0.3, 0.4) is 0 Å². The summed E-state index contributed by atoms with van der Waals surface area (Å²) in [5, 5.41) is 18.5. The Morgan fingerprint density at radius 3 is 2.68 bits per heavy atom. The van der Waals surface area contributed by atoms with Gasteiger partial charge >= 0.3 is 0 Å². The SMILES string of the molecule is Cc1cc(SCCCC(C)(CO)NC(C)C)n(C)n1. The van der Waals surface area contributed by atoms with Gasteiger partial charge in [-0.3, -0.25) is 4.68 Å². The van der Waals surface area contributed by atoms with Gasteiger partial charge in [0.2, 0.25) is 0 Å². The van der Waals surface area contributed by atoms with Crippen molar-refractivity contribution >= 4 is 11.8 Å². The standard InChI is InChI=1S/C14H27N3OS/c1-11(2)15-14(4,10-18)7-6-8-19-13-9-12(3)16-17(13)5/h9,11,15,18H,6-8,10H2,1-5H3. The summed E-state index contributed by atoms with van der Waals surface area (Å²) in [6.07, 6.45) is 2.05. The van der Waals surface area contributed by atoms with Crippen molar-refractivity contribution in [2.75, 3.05) is 12.4 Å². The Hall–Kier alpha value is -0.520. The molecule has 1 heterocycles. The van der Waals surface area contributed by atoms with Crippen molar-refractivity contribution in [1.82, 2.24) is 15.1 Å². The first kappa shape index (κ1) is 16.5. The lowest BCUT2D eigenvalue weighted by atomic mass is 9.96. The Bertz CT molecular complexity index is 392. The number of thioether (sulfide) groups is 1. The van der Waals surface area contributed by atoms with Crippen LogP contribution in [0, 0.1) is 6.92 Å². The summed E-state index contributed by atoms with van der Waals surface area (Å²) in [6, 6.07) is 2.51. The van der Waals surface area contributed by atoms with Crippen molar-refractivity contribution in [2.24, 2.45) is 7.05 Å². The number of hydrogen-bond acceptors (Lipinski definition) is 4. The van der Waals surface area contributed by atoms with Gasteiger partial charge in [0.05, 0.1) is 17.3 Å². The quantitative estimate of drug-likeness (QED) is 0.568. The molecule has 0 bridgehead atoms. The van der Waals surface area contributed by atoms with Crippen molar-refractivity contribution in [2.45, 2.75) is 57.1 Å². The molecule has 1 rings (SSSR count). The topological polar surface area (TPSA) is 50.1 Å². The lowest BCUT2D eigenvalue weighted by Crippen LogP contribution is -2.49. The predicted octanol–water partition coefficient (Wildman–Crippen LogP) is 2.35. The maximum atomic E-state index is 9.51. The highest BCUT2D eigenvalue weighted by atomic mass is 32.2. The van der Waals surface area contributed by atoms with Crippen molar-refractivity contribution in [1.29, 1.82) is 0 Å². The van der Waals surface area contributed by atoms with Gasteiger partial charge in [-0.15, -0.1) is 11.8 Å². The average molecular weight is 285 g/mol. The van der Waals surface area contributed by atoms with E-state index in [1.54, 1.807) is 0 Å². The average Bonchev–Trinajstić information content (AvgIpc) is 2.63. The Morgan fingerprint density at radius 2 is 2.21 bits per heavy atom. The molecule has 1 unspecified atom stereocenters. The molecule has 0 saturated heterocycles. The molecule has 1 aromatic rings. The van der Waals surface area contributed by atoms with Crippen LogP contribution < -0.4 is 5.32 Å². The summed E-state index contributed by atoms with van der Waals surface area (Å²) >= 11 is 1.83. The number of aryl methyl sites for hydroxylation is 2. The van der Waals surface area contributed by atoms with Crippen molar-refractivity contribution in [3.05, 3.63) is 11.8 Å². The Kier molecular flexibility index (Phi) is 6.36. The second-order valence-electron chi connectivity index (χ2n) is 5.72. The first-order chi connectivity index (χ1) is 8.86. The number of hydrogen-bond donors (Lipinski definition) is 2. The second-order valence-corrected chi connectivity index (χ2v) is 6.83. The number of rotatable bonds is 8. The van der Waals surface area contributed by atoms with Crippen LogP contribution in [0.15, 0.2) is 11.1 Å². The number of aromatic nitrogens is 2. The normalized spacial score (nSPS) is 14.9. The minimum absolute atomic E-state index is 0.170. The molecule has 0 fully saturated rings. The zero-order valence-corrected chi connectivity index (χ0v) is 13.5. The molecule has 5 heteroatoms. The maximum absolute atomic E-state index is 9.51. The maximum Gasteiger partial charge on any atom is 0.0939 e. The fourth-order valence-electron chi connectivity index (χ4n) is 2.25. The van der Waals surface area contributed by atoms with Crippen LogP contribution in [-0.2, 0) is 7.05 Å². The molecular formula is C14H27N3OS. The van der Waals surface area contributed by atoms with Crippen LogP contribution in [0.1, 0.15) is 39.3 Å². The van der Waals surface area contributed by atoms with E-state index in [4.69, 9.17) is 0 Å². The van der Waals surface area contributed by atoms with Gasteiger partial charge in [-0.2, -0.15) is 5.10 Å². The molecule has 110 valence electrons. The van der Waals surface area contributed by atoms with E-state index >= 15 is 0 Å². The monoisotopic (exact) mass is 285 g/mol. The summed E-state index contributed by atoms with van der Waals surface area (Å²) in [4.78, 5) is 0. The fourth-order valence-corrected chi connectivity index (χ4v) is 3.23. The summed E-state index contributed by atoms with van der Waals surface area (Å²) < 4.78 is 1.93. The molecule has 1 atom stereocenters. The van der Waals surface area contributed by atoms with Crippen LogP contribution in [0.2, 0.25) is 0 Å². The van der Waals surface area contributed by atoms with Crippen LogP contribution in [0.4, 0.5) is 0 Å². The highest BCUT2D eigenvalue weighted by molar-refractivity contribution is 7.99. The van der Waals surface area contributed by atoms with Crippen LogP contribution in [-0.4, -0.2) is 38.8 Å². The first-order valence-corrected chi connectivity index (χ1v) is 7.87. The van der Waals surface area contributed by atoms with Gasteiger partial charge in [-0.1, -0.05) is 13.8 Å². The van der Waals surface area contributed by atoms with E-state index in [1.165, 1.54) is 5.03 Å². The number of nitrogens with one attached hydrogen (secondary N) is 1. The van der Waals surface area contributed by atoms with Gasteiger partial charge < -0.3 is 10.4 Å². The van der Waals surface area contributed by atoms with Gasteiger partial charge in [-0.05, 0) is 38.5 Å². The van der Waals surface area contributed by atoms with E-state index in [0.29, 0.717) is 6.04 Å². The lowest BCUT2D eigenvalue weighted by Gasteiger charge is -2.31. The summed E-state index contributed by atoms with van der Waals surface area (Å²) in [7, 11) is 1.98. The lowest BCUT2D eigenvalue weighted by molar-refractivity contribution is 0.156. The largest absolute Gasteiger partial charge is 0.394 e. The molecule has 0 saturated carbocycles. The molecule has 0 aliphatic carbocycles. The van der Waals surface area contributed by atoms with E-state index in [0.717, 1.165) is 24.3 Å². The molecule has 0 aliphatic rings. The predicted molar refractivity (Wildman–Crippen MR) is 81.7 cm³/mol. The number of nitrogens with zero attached hydrogens (tertiary/aromatic N) is 2. The molecule has 0 amide bonds. The van der Waals surface area contributed by atoms with Crippen molar-refractivity contribution < 1.29 is 5.11 Å². The third-order valence-corrected chi connectivity index (χ3v) is 4.24. The molecule has 1 aromatic heterocycles. The second kappa shape index (κ2) is 7.31. The minimum atomic E-state index is -0.170. The highest BCUT2D eigenvalue weighted by Gasteiger charge is 2.23. The van der Waals surface area contributed by atoms with Crippen molar-refractivity contribution in [3.63, 3.8) is 0 Å². The number of aliphatic hydroxyl groups is 1. The third kappa shape index (κ3) is 5.55. The Balaban J connectivity index is 2.35. The van der Waals surface area contributed by atoms with E-state index in [9.17, 15) is 5.11 Å². The van der Waals surface area contributed by atoms with Crippen LogP contribution >= 0.6 is 11.8 Å². The van der Waals surface area contributed by atoms with Gasteiger partial charge in [0.15, 0.2) is 0 Å². The number of aliphatic hydroxyl groups excluding tert-OH is 1. The summed E-state index contributed by atoms with van der Waals surface area (Å²) in [5.74, 6) is 1.05. The zero-order chi connectivity index (χ0) is 14.5. The molecule has 2 N–H and O–H groups in total. The van der Waals surface area contributed by atoms with E-state index in [1.807, 2.05) is 30.4 Å². The molecule has 0 radical (unpaired) electrons. The highest BCUT2D eigenvalue weighted by Crippen LogP contribution is 2.22. The summed E-state index contributed by atoms with van der Waals surface area (Å²) in [6.45, 7) is 8.51. The smallest absolute Gasteiger partial charge is 0.0939 e. The molecule has 0 aromatic carbocycles. The molecule has 0 spiro atoms. The summed E-state index contributed by atoms with van der Waals surface area (Å²) in [5.41, 5.74) is 0.892. The van der Waals surface area contributed by atoms with E-state index < -0.39 is 0 Å². The van der Waals surface area contributed by atoms with Crippen LogP contribution in [0.5, 0.6) is 0 Å². The molecule has 0 aliphatic heterocycles. The molecule has 19 heavy (non-hydrogen) atoms. The first-order valence-electron chi connectivity index (χ1n) is 6.88. The van der Waals surface area contributed by atoms with Crippen LogP contribution in [0.25, 0.3) is 0 Å². The van der Waals surface area contributed by atoms with Gasteiger partial charge in [0.1, 0.15) is 0 Å². The van der Waals surface area contributed by atoms with Gasteiger partial charge in [0, 0.05) is 18.6 Å². The van der Waals surface area contributed by atoms with Gasteiger partial charge in [-0.25, -0.2) is 0 Å². The Morgan fingerprint density at radius 1 is 1.53 bits per heavy atom. The Labute approximate surface area is 121 Å². The van der Waals surface area contributed by atoms with E-state index in [2.05, 4.69) is 37.3 Å².